The average Bonchev–Trinajstić information content (AvgIpc) is 2.27. The van der Waals surface area contributed by atoms with E-state index in [2.05, 4.69) is 9.97 Å². The summed E-state index contributed by atoms with van der Waals surface area (Å²) in [5.41, 5.74) is 0.385. The molecule has 0 saturated heterocycles. The molecule has 0 bridgehead atoms. The number of ether oxygens (including phenoxy) is 1. The van der Waals surface area contributed by atoms with Gasteiger partial charge >= 0.3 is 0 Å². The minimum absolute atomic E-state index is 0.122. The minimum Gasteiger partial charge on any atom is -0.460 e. The molecule has 0 unspecified atom stereocenters. The summed E-state index contributed by atoms with van der Waals surface area (Å²) in [6.45, 7) is 0.157. The molecule has 1 aromatic carbocycles. The molecule has 1 aromatic heterocycles. The van der Waals surface area contributed by atoms with Crippen LogP contribution in [0.2, 0.25) is 0 Å². The second-order valence-corrected chi connectivity index (χ2v) is 3.16. The van der Waals surface area contributed by atoms with Gasteiger partial charge in [0, 0.05) is 12.3 Å². The number of benzene rings is 1. The quantitative estimate of drug-likeness (QED) is 0.852. The summed E-state index contributed by atoms with van der Waals surface area (Å²) in [6.07, 6.45) is 1.35. The van der Waals surface area contributed by atoms with E-state index in [4.69, 9.17) is 4.74 Å². The van der Waals surface area contributed by atoms with E-state index in [1.807, 2.05) is 0 Å². The highest BCUT2D eigenvalue weighted by molar-refractivity contribution is 5.15. The van der Waals surface area contributed by atoms with Gasteiger partial charge in [-0.1, -0.05) is 12.1 Å². The number of H-pyrrole nitrogens is 1. The number of aromatic nitrogens is 2. The lowest BCUT2D eigenvalue weighted by molar-refractivity contribution is 0.279. The van der Waals surface area contributed by atoms with E-state index >= 15 is 0 Å². The molecule has 0 aliphatic heterocycles. The second kappa shape index (κ2) is 4.57. The van der Waals surface area contributed by atoms with Gasteiger partial charge in [0.05, 0.1) is 0 Å². The molecule has 0 spiro atoms. The first-order valence-electron chi connectivity index (χ1n) is 4.66. The minimum atomic E-state index is -0.324. The molecule has 5 heteroatoms. The van der Waals surface area contributed by atoms with E-state index in [-0.39, 0.29) is 24.0 Å². The van der Waals surface area contributed by atoms with Crippen molar-refractivity contribution in [3.63, 3.8) is 0 Å². The molecule has 2 aromatic rings. The SMILES string of the molecule is O=c1ccnc(OCc2cccc(F)c2)[nH]1. The molecule has 0 saturated carbocycles. The van der Waals surface area contributed by atoms with Crippen LogP contribution in [0.5, 0.6) is 6.01 Å². The van der Waals surface area contributed by atoms with Crippen molar-refractivity contribution in [3.8, 4) is 6.01 Å². The molecule has 0 amide bonds. The molecule has 4 nitrogen and oxygen atoms in total. The van der Waals surface area contributed by atoms with Crippen LogP contribution < -0.4 is 10.3 Å². The fourth-order valence-corrected chi connectivity index (χ4v) is 1.20. The van der Waals surface area contributed by atoms with Gasteiger partial charge in [0.2, 0.25) is 0 Å². The fraction of sp³-hybridized carbons (Fsp3) is 0.0909. The number of halogens is 1. The van der Waals surface area contributed by atoms with Gasteiger partial charge in [-0.3, -0.25) is 9.78 Å². The number of rotatable bonds is 3. The standard InChI is InChI=1S/C11H9FN2O2/c12-9-3-1-2-8(6-9)7-16-11-13-5-4-10(15)14-11/h1-6H,7H2,(H,13,14,15). The van der Waals surface area contributed by atoms with Gasteiger partial charge in [-0.25, -0.2) is 9.37 Å². The molecule has 0 atom stereocenters. The molecular weight excluding hydrogens is 211 g/mol. The van der Waals surface area contributed by atoms with Crippen LogP contribution in [0.3, 0.4) is 0 Å². The predicted molar refractivity (Wildman–Crippen MR) is 55.6 cm³/mol. The van der Waals surface area contributed by atoms with Crippen LogP contribution in [0.25, 0.3) is 0 Å². The van der Waals surface area contributed by atoms with E-state index in [0.717, 1.165) is 0 Å². The van der Waals surface area contributed by atoms with Crippen molar-refractivity contribution >= 4 is 0 Å². The molecule has 2 rings (SSSR count). The molecular formula is C11H9FN2O2. The average molecular weight is 220 g/mol. The highest BCUT2D eigenvalue weighted by Gasteiger charge is 1.98. The number of aromatic amines is 1. The highest BCUT2D eigenvalue weighted by Crippen LogP contribution is 2.06. The topological polar surface area (TPSA) is 55.0 Å². The highest BCUT2D eigenvalue weighted by atomic mass is 19.1. The summed E-state index contributed by atoms with van der Waals surface area (Å²) in [7, 11) is 0. The van der Waals surface area contributed by atoms with Crippen LogP contribution in [0.15, 0.2) is 41.3 Å². The number of hydrogen-bond donors (Lipinski definition) is 1. The van der Waals surface area contributed by atoms with Crippen LogP contribution in [-0.2, 0) is 6.61 Å². The zero-order valence-corrected chi connectivity index (χ0v) is 8.31. The van der Waals surface area contributed by atoms with Gasteiger partial charge in [-0.15, -0.1) is 0 Å². The lowest BCUT2D eigenvalue weighted by Crippen LogP contribution is -2.08. The first kappa shape index (κ1) is 10.4. The lowest BCUT2D eigenvalue weighted by atomic mass is 10.2. The molecule has 0 fully saturated rings. The molecule has 16 heavy (non-hydrogen) atoms. The van der Waals surface area contributed by atoms with Crippen molar-refractivity contribution in [2.75, 3.05) is 0 Å². The first-order valence-corrected chi connectivity index (χ1v) is 4.66. The van der Waals surface area contributed by atoms with Gasteiger partial charge in [0.15, 0.2) is 0 Å². The Morgan fingerprint density at radius 3 is 3.00 bits per heavy atom. The Balaban J connectivity index is 2.05. The van der Waals surface area contributed by atoms with Gasteiger partial charge in [-0.05, 0) is 17.7 Å². The van der Waals surface area contributed by atoms with Crippen molar-refractivity contribution in [1.82, 2.24) is 9.97 Å². The van der Waals surface area contributed by atoms with E-state index in [9.17, 15) is 9.18 Å². The smallest absolute Gasteiger partial charge is 0.296 e. The Labute approximate surface area is 90.7 Å². The third-order valence-electron chi connectivity index (χ3n) is 1.91. The third kappa shape index (κ3) is 2.66. The molecule has 0 radical (unpaired) electrons. The van der Waals surface area contributed by atoms with Gasteiger partial charge in [-0.2, -0.15) is 0 Å². The molecule has 1 heterocycles. The Morgan fingerprint density at radius 1 is 1.38 bits per heavy atom. The Morgan fingerprint density at radius 2 is 2.25 bits per heavy atom. The van der Waals surface area contributed by atoms with E-state index in [0.29, 0.717) is 5.56 Å². The van der Waals surface area contributed by atoms with Crippen LogP contribution in [-0.4, -0.2) is 9.97 Å². The van der Waals surface area contributed by atoms with Gasteiger partial charge in [0.25, 0.3) is 11.6 Å². The molecule has 0 aliphatic carbocycles. The zero-order chi connectivity index (χ0) is 11.4. The maximum absolute atomic E-state index is 12.8. The van der Waals surface area contributed by atoms with Gasteiger partial charge < -0.3 is 4.74 Å². The Hall–Kier alpha value is -2.17. The van der Waals surface area contributed by atoms with Crippen molar-refractivity contribution < 1.29 is 9.13 Å². The normalized spacial score (nSPS) is 10.1. The molecule has 0 aliphatic rings. The summed E-state index contributed by atoms with van der Waals surface area (Å²) in [5, 5.41) is 0. The lowest BCUT2D eigenvalue weighted by Gasteiger charge is -2.03. The Kier molecular flexibility index (Phi) is 2.95. The van der Waals surface area contributed by atoms with Gasteiger partial charge in [0.1, 0.15) is 12.4 Å². The first-order chi connectivity index (χ1) is 7.74. The number of nitrogens with zero attached hydrogens (tertiary/aromatic N) is 1. The summed E-state index contributed by atoms with van der Waals surface area (Å²) in [6, 6.07) is 7.44. The van der Waals surface area contributed by atoms with E-state index in [1.165, 1.54) is 24.4 Å². The molecule has 1 N–H and O–H groups in total. The maximum atomic E-state index is 12.8. The maximum Gasteiger partial charge on any atom is 0.296 e. The largest absolute Gasteiger partial charge is 0.460 e. The monoisotopic (exact) mass is 220 g/mol. The van der Waals surface area contributed by atoms with Crippen molar-refractivity contribution in [2.45, 2.75) is 6.61 Å². The fourth-order valence-electron chi connectivity index (χ4n) is 1.20. The van der Waals surface area contributed by atoms with Crippen molar-refractivity contribution in [2.24, 2.45) is 0 Å². The summed E-state index contributed by atoms with van der Waals surface area (Å²) in [4.78, 5) is 17.1. The summed E-state index contributed by atoms with van der Waals surface area (Å²) < 4.78 is 18.0. The Bertz CT molecular complexity index is 539. The summed E-state index contributed by atoms with van der Waals surface area (Å²) >= 11 is 0. The number of hydrogen-bond acceptors (Lipinski definition) is 3. The van der Waals surface area contributed by atoms with Crippen LogP contribution in [0, 0.1) is 5.82 Å². The predicted octanol–water partition coefficient (Wildman–Crippen LogP) is 1.49. The van der Waals surface area contributed by atoms with Crippen LogP contribution in [0.1, 0.15) is 5.56 Å². The van der Waals surface area contributed by atoms with Crippen molar-refractivity contribution in [3.05, 3.63) is 58.3 Å². The van der Waals surface area contributed by atoms with E-state index in [1.54, 1.807) is 12.1 Å². The molecule has 82 valence electrons. The zero-order valence-electron chi connectivity index (χ0n) is 8.31. The summed E-state index contributed by atoms with van der Waals surface area (Å²) in [5.74, 6) is -0.324. The number of nitrogens with one attached hydrogen (secondary N) is 1. The van der Waals surface area contributed by atoms with Crippen LogP contribution >= 0.6 is 0 Å². The van der Waals surface area contributed by atoms with Crippen LogP contribution in [0.4, 0.5) is 4.39 Å². The second-order valence-electron chi connectivity index (χ2n) is 3.16. The third-order valence-corrected chi connectivity index (χ3v) is 1.91. The van der Waals surface area contributed by atoms with E-state index < -0.39 is 0 Å². The van der Waals surface area contributed by atoms with Crippen molar-refractivity contribution in [1.29, 1.82) is 0 Å².